The Morgan fingerprint density at radius 3 is 2.72 bits per heavy atom. The van der Waals surface area contributed by atoms with Crippen molar-refractivity contribution in [2.45, 2.75) is 25.3 Å². The second-order valence-corrected chi connectivity index (χ2v) is 7.94. The minimum Gasteiger partial charge on any atom is -0.381 e. The van der Waals surface area contributed by atoms with Crippen molar-refractivity contribution < 1.29 is 9.13 Å². The number of likely N-dealkylation sites (tertiary alicyclic amines) is 1. The Labute approximate surface area is 168 Å². The van der Waals surface area contributed by atoms with Gasteiger partial charge >= 0.3 is 0 Å². The van der Waals surface area contributed by atoms with Crippen LogP contribution in [-0.2, 0) is 4.74 Å². The van der Waals surface area contributed by atoms with Crippen molar-refractivity contribution in [1.29, 1.82) is 0 Å². The number of fused-ring (bicyclic) bond motifs is 1. The van der Waals surface area contributed by atoms with Crippen LogP contribution in [0.4, 0.5) is 10.2 Å². The summed E-state index contributed by atoms with van der Waals surface area (Å²) in [6.07, 6.45) is 3.34. The van der Waals surface area contributed by atoms with Crippen molar-refractivity contribution >= 4 is 11.5 Å². The predicted molar refractivity (Wildman–Crippen MR) is 108 cm³/mol. The van der Waals surface area contributed by atoms with Gasteiger partial charge in [-0.15, -0.1) is 15.3 Å². The molecule has 0 amide bonds. The highest BCUT2D eigenvalue weighted by Crippen LogP contribution is 2.23. The summed E-state index contributed by atoms with van der Waals surface area (Å²) in [5.74, 6) is 1.53. The normalized spacial score (nSPS) is 21.1. The Bertz CT molecular complexity index is 978. The smallest absolute Gasteiger partial charge is 0.188 e. The number of benzene rings is 1. The van der Waals surface area contributed by atoms with Crippen LogP contribution in [0.5, 0.6) is 0 Å². The standard InChI is InChI=1S/C21H25FN6O/c22-18-4-2-1-3-17(18)21-25-24-20-6-5-19(26-28(20)21)23-16-7-10-27(11-8-16)13-15-9-12-29-14-15/h1-6,15-16H,7-14H2,(H,23,26). The van der Waals surface area contributed by atoms with E-state index >= 15 is 0 Å². The van der Waals surface area contributed by atoms with Gasteiger partial charge in [0.25, 0.3) is 0 Å². The van der Waals surface area contributed by atoms with Crippen LogP contribution in [-0.4, -0.2) is 63.6 Å². The topological polar surface area (TPSA) is 67.6 Å². The molecular formula is C21H25FN6O. The predicted octanol–water partition coefficient (Wildman–Crippen LogP) is 2.84. The Hall–Kier alpha value is -2.58. The van der Waals surface area contributed by atoms with Gasteiger partial charge in [0.1, 0.15) is 11.6 Å². The number of rotatable bonds is 5. The number of hydrogen-bond acceptors (Lipinski definition) is 6. The van der Waals surface area contributed by atoms with Crippen molar-refractivity contribution in [1.82, 2.24) is 24.7 Å². The fraction of sp³-hybridized carbons (Fsp3) is 0.476. The first kappa shape index (κ1) is 18.4. The number of nitrogens with one attached hydrogen (secondary N) is 1. The molecule has 2 saturated heterocycles. The quantitative estimate of drug-likeness (QED) is 0.715. The van der Waals surface area contributed by atoms with Gasteiger partial charge in [-0.1, -0.05) is 12.1 Å². The molecule has 2 aliphatic rings. The molecule has 0 saturated carbocycles. The lowest BCUT2D eigenvalue weighted by Gasteiger charge is -2.33. The zero-order valence-electron chi connectivity index (χ0n) is 16.3. The van der Waals surface area contributed by atoms with E-state index in [4.69, 9.17) is 4.74 Å². The van der Waals surface area contributed by atoms with Crippen LogP contribution >= 0.6 is 0 Å². The monoisotopic (exact) mass is 396 g/mol. The van der Waals surface area contributed by atoms with Crippen LogP contribution in [0.1, 0.15) is 19.3 Å². The molecule has 0 bridgehead atoms. The van der Waals surface area contributed by atoms with E-state index in [-0.39, 0.29) is 5.82 Å². The molecule has 5 rings (SSSR count). The third-order valence-electron chi connectivity index (χ3n) is 5.86. The first-order valence-corrected chi connectivity index (χ1v) is 10.3. The molecule has 3 aromatic rings. The summed E-state index contributed by atoms with van der Waals surface area (Å²) < 4.78 is 21.3. The second kappa shape index (κ2) is 8.04. The molecule has 152 valence electrons. The van der Waals surface area contributed by atoms with E-state index < -0.39 is 0 Å². The molecular weight excluding hydrogens is 371 g/mol. The average molecular weight is 396 g/mol. The Morgan fingerprint density at radius 2 is 1.93 bits per heavy atom. The molecule has 2 aliphatic heterocycles. The van der Waals surface area contributed by atoms with Gasteiger partial charge in [-0.2, -0.15) is 4.52 Å². The van der Waals surface area contributed by atoms with Gasteiger partial charge in [0.15, 0.2) is 11.5 Å². The van der Waals surface area contributed by atoms with Crippen molar-refractivity contribution in [2.24, 2.45) is 5.92 Å². The molecule has 4 heterocycles. The maximum atomic E-state index is 14.2. The van der Waals surface area contributed by atoms with Gasteiger partial charge in [0.05, 0.1) is 12.2 Å². The lowest BCUT2D eigenvalue weighted by Crippen LogP contribution is -2.41. The third-order valence-corrected chi connectivity index (χ3v) is 5.86. The minimum absolute atomic E-state index is 0.331. The fourth-order valence-electron chi connectivity index (χ4n) is 4.24. The number of halogens is 1. The van der Waals surface area contributed by atoms with E-state index in [1.807, 2.05) is 12.1 Å². The summed E-state index contributed by atoms with van der Waals surface area (Å²) in [6.45, 7) is 5.14. The molecule has 0 radical (unpaired) electrons. The molecule has 0 aliphatic carbocycles. The van der Waals surface area contributed by atoms with Crippen LogP contribution in [0.2, 0.25) is 0 Å². The first-order chi connectivity index (χ1) is 14.3. The van der Waals surface area contributed by atoms with Crippen LogP contribution in [0, 0.1) is 11.7 Å². The summed E-state index contributed by atoms with van der Waals surface area (Å²) >= 11 is 0. The zero-order chi connectivity index (χ0) is 19.6. The van der Waals surface area contributed by atoms with Crippen LogP contribution in [0.3, 0.4) is 0 Å². The molecule has 2 aromatic heterocycles. The Balaban J connectivity index is 1.27. The maximum Gasteiger partial charge on any atom is 0.188 e. The van der Waals surface area contributed by atoms with E-state index in [0.717, 1.165) is 51.5 Å². The molecule has 1 aromatic carbocycles. The van der Waals surface area contributed by atoms with Gasteiger partial charge in [-0.25, -0.2) is 4.39 Å². The third kappa shape index (κ3) is 3.95. The molecule has 1 N–H and O–H groups in total. The lowest BCUT2D eigenvalue weighted by atomic mass is 10.0. The number of anilines is 1. The molecule has 2 fully saturated rings. The van der Waals surface area contributed by atoms with E-state index in [1.165, 1.54) is 12.5 Å². The van der Waals surface area contributed by atoms with Gasteiger partial charge in [-0.05, 0) is 49.4 Å². The summed E-state index contributed by atoms with van der Waals surface area (Å²) in [7, 11) is 0. The van der Waals surface area contributed by atoms with E-state index in [2.05, 4.69) is 25.5 Å². The molecule has 8 heteroatoms. The van der Waals surface area contributed by atoms with Crippen LogP contribution in [0.15, 0.2) is 36.4 Å². The van der Waals surface area contributed by atoms with E-state index in [9.17, 15) is 4.39 Å². The number of piperidine rings is 1. The zero-order valence-corrected chi connectivity index (χ0v) is 16.3. The Kier molecular flexibility index (Phi) is 5.12. The highest BCUT2D eigenvalue weighted by molar-refractivity contribution is 5.60. The van der Waals surface area contributed by atoms with Crippen molar-refractivity contribution in [3.05, 3.63) is 42.2 Å². The summed E-state index contributed by atoms with van der Waals surface area (Å²) in [4.78, 5) is 2.55. The SMILES string of the molecule is Fc1ccccc1-c1nnc2ccc(NC3CCN(CC4CCOC4)CC3)nn12. The molecule has 0 spiro atoms. The van der Waals surface area contributed by atoms with Crippen LogP contribution in [0.25, 0.3) is 17.0 Å². The average Bonchev–Trinajstić information content (AvgIpc) is 3.40. The van der Waals surface area contributed by atoms with Crippen LogP contribution < -0.4 is 5.32 Å². The van der Waals surface area contributed by atoms with Gasteiger partial charge in [-0.3, -0.25) is 0 Å². The molecule has 1 unspecified atom stereocenters. The minimum atomic E-state index is -0.331. The highest BCUT2D eigenvalue weighted by Gasteiger charge is 2.24. The second-order valence-electron chi connectivity index (χ2n) is 7.94. The molecule has 29 heavy (non-hydrogen) atoms. The summed E-state index contributed by atoms with van der Waals surface area (Å²) in [5, 5.41) is 16.4. The first-order valence-electron chi connectivity index (χ1n) is 10.3. The largest absolute Gasteiger partial charge is 0.381 e. The van der Waals surface area contributed by atoms with Crippen molar-refractivity contribution in [3.63, 3.8) is 0 Å². The molecule has 1 atom stereocenters. The maximum absolute atomic E-state index is 14.2. The van der Waals surface area contributed by atoms with Gasteiger partial charge in [0.2, 0.25) is 0 Å². The van der Waals surface area contributed by atoms with Gasteiger partial charge < -0.3 is 15.0 Å². The Morgan fingerprint density at radius 1 is 1.07 bits per heavy atom. The van der Waals surface area contributed by atoms with Crippen molar-refractivity contribution in [3.8, 4) is 11.4 Å². The van der Waals surface area contributed by atoms with E-state index in [0.29, 0.717) is 29.0 Å². The molecule has 7 nitrogen and oxygen atoms in total. The number of nitrogens with zero attached hydrogens (tertiary/aromatic N) is 5. The number of hydrogen-bond donors (Lipinski definition) is 1. The number of aromatic nitrogens is 4. The fourth-order valence-corrected chi connectivity index (χ4v) is 4.24. The van der Waals surface area contributed by atoms with Crippen molar-refractivity contribution in [2.75, 3.05) is 38.2 Å². The summed E-state index contributed by atoms with van der Waals surface area (Å²) in [6, 6.07) is 10.7. The highest BCUT2D eigenvalue weighted by atomic mass is 19.1. The van der Waals surface area contributed by atoms with E-state index in [1.54, 1.807) is 22.7 Å². The summed E-state index contributed by atoms with van der Waals surface area (Å²) in [5.41, 5.74) is 0.997. The number of ether oxygens (including phenoxy) is 1. The lowest BCUT2D eigenvalue weighted by molar-refractivity contribution is 0.154. The van der Waals surface area contributed by atoms with Gasteiger partial charge in [0, 0.05) is 32.3 Å².